The van der Waals surface area contributed by atoms with E-state index in [1.54, 1.807) is 0 Å². The van der Waals surface area contributed by atoms with Crippen molar-refractivity contribution < 1.29 is 18.3 Å². The highest BCUT2D eigenvalue weighted by Crippen LogP contribution is 2.25. The zero-order chi connectivity index (χ0) is 14.8. The van der Waals surface area contributed by atoms with Crippen LogP contribution in [0.5, 0.6) is 0 Å². The summed E-state index contributed by atoms with van der Waals surface area (Å²) in [7, 11) is -3.58. The first kappa shape index (κ1) is 16.1. The Labute approximate surface area is 117 Å². The van der Waals surface area contributed by atoms with Gasteiger partial charge in [-0.15, -0.1) is 11.3 Å². The molecule has 0 saturated heterocycles. The minimum Gasteiger partial charge on any atom is -0.481 e. The highest BCUT2D eigenvalue weighted by molar-refractivity contribution is 7.91. The molecule has 0 spiro atoms. The lowest BCUT2D eigenvalue weighted by Gasteiger charge is -2.27. The lowest BCUT2D eigenvalue weighted by molar-refractivity contribution is -0.136. The first-order valence-corrected chi connectivity index (χ1v) is 8.15. The second-order valence-electron chi connectivity index (χ2n) is 5.50. The van der Waals surface area contributed by atoms with Crippen LogP contribution in [-0.2, 0) is 21.2 Å². The quantitative estimate of drug-likeness (QED) is 0.872. The summed E-state index contributed by atoms with van der Waals surface area (Å²) in [5.41, 5.74) is -0.186. The Kier molecular flexibility index (Phi) is 4.76. The fourth-order valence-corrected chi connectivity index (χ4v) is 4.03. The largest absolute Gasteiger partial charge is 0.481 e. The van der Waals surface area contributed by atoms with Crippen molar-refractivity contribution in [2.24, 2.45) is 5.41 Å². The van der Waals surface area contributed by atoms with Gasteiger partial charge in [0.05, 0.1) is 6.42 Å². The van der Waals surface area contributed by atoms with Crippen molar-refractivity contribution in [2.45, 2.75) is 44.4 Å². The van der Waals surface area contributed by atoms with Crippen LogP contribution < -0.4 is 4.72 Å². The summed E-state index contributed by atoms with van der Waals surface area (Å²) < 4.78 is 27.0. The Hall–Kier alpha value is -0.920. The van der Waals surface area contributed by atoms with E-state index in [1.165, 1.54) is 12.1 Å². The summed E-state index contributed by atoms with van der Waals surface area (Å²) in [4.78, 5) is 11.1. The van der Waals surface area contributed by atoms with Crippen LogP contribution in [0, 0.1) is 5.41 Å². The van der Waals surface area contributed by atoms with Gasteiger partial charge in [-0.1, -0.05) is 20.8 Å². The third-order valence-electron chi connectivity index (χ3n) is 2.86. The second-order valence-corrected chi connectivity index (χ2v) is 8.61. The number of carboxylic acid groups (broad SMARTS) is 1. The number of nitrogens with one attached hydrogen (secondary N) is 1. The molecule has 0 aliphatic rings. The average Bonchev–Trinajstić information content (AvgIpc) is 2.63. The van der Waals surface area contributed by atoms with Gasteiger partial charge in [0, 0.05) is 10.9 Å². The van der Waals surface area contributed by atoms with Crippen molar-refractivity contribution in [3.8, 4) is 0 Å². The van der Waals surface area contributed by atoms with Crippen molar-refractivity contribution in [3.05, 3.63) is 17.0 Å². The number of rotatable bonds is 5. The predicted octanol–water partition coefficient (Wildman–Crippen LogP) is 2.09. The van der Waals surface area contributed by atoms with Crippen LogP contribution in [0.1, 0.15) is 32.6 Å². The van der Waals surface area contributed by atoms with Crippen LogP contribution in [-0.4, -0.2) is 25.5 Å². The molecule has 1 atom stereocenters. The molecule has 0 amide bonds. The molecule has 0 radical (unpaired) electrons. The molecule has 2 N–H and O–H groups in total. The van der Waals surface area contributed by atoms with Crippen LogP contribution >= 0.6 is 11.3 Å². The van der Waals surface area contributed by atoms with Gasteiger partial charge in [-0.25, -0.2) is 13.1 Å². The third kappa shape index (κ3) is 4.59. The van der Waals surface area contributed by atoms with Crippen molar-refractivity contribution in [3.63, 3.8) is 0 Å². The summed E-state index contributed by atoms with van der Waals surface area (Å²) in [6.07, 6.45) is -0.158. The molecule has 1 aromatic rings. The number of aliphatic carboxylic acids is 1. The number of thiophene rings is 1. The minimum absolute atomic E-state index is 0.153. The summed E-state index contributed by atoms with van der Waals surface area (Å²) in [5.74, 6) is -0.971. The maximum atomic E-state index is 12.1. The summed E-state index contributed by atoms with van der Waals surface area (Å²) in [5, 5.41) is 8.67. The first-order valence-electron chi connectivity index (χ1n) is 5.85. The maximum Gasteiger partial charge on any atom is 0.308 e. The Bertz CT molecular complexity index is 555. The van der Waals surface area contributed by atoms with Gasteiger partial charge < -0.3 is 5.11 Å². The molecular formula is C12H19NO4S2. The van der Waals surface area contributed by atoms with E-state index in [1.807, 2.05) is 27.7 Å². The smallest absolute Gasteiger partial charge is 0.308 e. The number of sulfonamides is 1. The Balaban J connectivity index is 2.89. The third-order valence-corrected chi connectivity index (χ3v) is 5.98. The normalized spacial score (nSPS) is 14.3. The lowest BCUT2D eigenvalue weighted by Crippen LogP contribution is -2.41. The molecule has 1 rings (SSSR count). The molecule has 1 heterocycles. The van der Waals surface area contributed by atoms with Gasteiger partial charge in [-0.2, -0.15) is 0 Å². The van der Waals surface area contributed by atoms with Gasteiger partial charge in [-0.05, 0) is 24.5 Å². The molecule has 7 heteroatoms. The number of carboxylic acids is 1. The van der Waals surface area contributed by atoms with Crippen LogP contribution in [0.2, 0.25) is 0 Å². The molecule has 0 aliphatic carbocycles. The standard InChI is InChI=1S/C12H19NO4S2/c1-8(12(2,3)4)13-19(16,17)11-6-5-9(18-11)7-10(14)15/h5-6,8,13H,7H2,1-4H3,(H,14,15). The van der Waals surface area contributed by atoms with Gasteiger partial charge in [-0.3, -0.25) is 4.79 Å². The number of hydrogen-bond donors (Lipinski definition) is 2. The van der Waals surface area contributed by atoms with Gasteiger partial charge in [0.25, 0.3) is 0 Å². The van der Waals surface area contributed by atoms with Crippen molar-refractivity contribution >= 4 is 27.3 Å². The average molecular weight is 305 g/mol. The topological polar surface area (TPSA) is 83.5 Å². The Morgan fingerprint density at radius 3 is 2.47 bits per heavy atom. The van der Waals surface area contributed by atoms with Crippen LogP contribution in [0.4, 0.5) is 0 Å². The molecular weight excluding hydrogens is 286 g/mol. The molecule has 1 unspecified atom stereocenters. The van der Waals surface area contributed by atoms with Gasteiger partial charge >= 0.3 is 5.97 Å². The van der Waals surface area contributed by atoms with Crippen LogP contribution in [0.15, 0.2) is 16.3 Å². The fourth-order valence-electron chi connectivity index (χ4n) is 1.21. The molecule has 1 aromatic heterocycles. The number of hydrogen-bond acceptors (Lipinski definition) is 4. The highest BCUT2D eigenvalue weighted by atomic mass is 32.2. The van der Waals surface area contributed by atoms with Gasteiger partial charge in [0.15, 0.2) is 0 Å². The molecule has 0 fully saturated rings. The molecule has 108 valence electrons. The highest BCUT2D eigenvalue weighted by Gasteiger charge is 2.26. The van der Waals surface area contributed by atoms with Crippen molar-refractivity contribution in [1.29, 1.82) is 0 Å². The maximum absolute atomic E-state index is 12.1. The van der Waals surface area contributed by atoms with Crippen LogP contribution in [0.25, 0.3) is 0 Å². The zero-order valence-electron chi connectivity index (χ0n) is 11.4. The van der Waals surface area contributed by atoms with E-state index in [9.17, 15) is 13.2 Å². The summed E-state index contributed by atoms with van der Waals surface area (Å²) in [6.45, 7) is 7.66. The Morgan fingerprint density at radius 2 is 2.00 bits per heavy atom. The van der Waals surface area contributed by atoms with E-state index in [4.69, 9.17) is 5.11 Å². The van der Waals surface area contributed by atoms with E-state index >= 15 is 0 Å². The Morgan fingerprint density at radius 1 is 1.42 bits per heavy atom. The first-order chi connectivity index (χ1) is 8.52. The monoisotopic (exact) mass is 305 g/mol. The molecule has 0 aromatic carbocycles. The van der Waals surface area contributed by atoms with Gasteiger partial charge in [0.1, 0.15) is 4.21 Å². The zero-order valence-corrected chi connectivity index (χ0v) is 13.1. The predicted molar refractivity (Wildman–Crippen MR) is 74.9 cm³/mol. The molecule has 0 saturated carbocycles. The van der Waals surface area contributed by atoms with Crippen molar-refractivity contribution in [1.82, 2.24) is 4.72 Å². The van der Waals surface area contributed by atoms with E-state index < -0.39 is 16.0 Å². The molecule has 5 nitrogen and oxygen atoms in total. The molecule has 0 aliphatic heterocycles. The van der Waals surface area contributed by atoms with E-state index in [0.29, 0.717) is 4.88 Å². The van der Waals surface area contributed by atoms with E-state index in [2.05, 4.69) is 4.72 Å². The van der Waals surface area contributed by atoms with Crippen molar-refractivity contribution in [2.75, 3.05) is 0 Å². The van der Waals surface area contributed by atoms with Gasteiger partial charge in [0.2, 0.25) is 10.0 Å². The fraction of sp³-hybridized carbons (Fsp3) is 0.583. The number of carbonyl (C=O) groups is 1. The molecule has 19 heavy (non-hydrogen) atoms. The van der Waals surface area contributed by atoms with E-state index in [0.717, 1.165) is 11.3 Å². The van der Waals surface area contributed by atoms with Crippen LogP contribution in [0.3, 0.4) is 0 Å². The summed E-state index contributed by atoms with van der Waals surface area (Å²) >= 11 is 0.989. The van der Waals surface area contributed by atoms with E-state index in [-0.39, 0.29) is 22.1 Å². The second kappa shape index (κ2) is 5.60. The molecule has 0 bridgehead atoms. The summed E-state index contributed by atoms with van der Waals surface area (Å²) in [6, 6.07) is 2.76. The lowest BCUT2D eigenvalue weighted by atomic mass is 9.89. The minimum atomic E-state index is -3.58. The SMILES string of the molecule is CC(NS(=O)(=O)c1ccc(CC(=O)O)s1)C(C)(C)C.